The van der Waals surface area contributed by atoms with Gasteiger partial charge in [0.1, 0.15) is 13.2 Å². The molecule has 1 heterocycles. The fraction of sp³-hybridized carbons (Fsp3) is 1.00. The molecule has 0 spiro atoms. The van der Waals surface area contributed by atoms with Gasteiger partial charge in [0.25, 0.3) is 5.54 Å². The number of rotatable bonds is 3. The first-order valence-corrected chi connectivity index (χ1v) is 4.20. The monoisotopic (exact) mass is 190 g/mol. The third kappa shape index (κ3) is 1.96. The van der Waals surface area contributed by atoms with Crippen LogP contribution < -0.4 is 0 Å². The van der Waals surface area contributed by atoms with E-state index in [2.05, 4.69) is 0 Å². The predicted octanol–water partition coefficient (Wildman–Crippen LogP) is -0.696. The maximum absolute atomic E-state index is 10.7. The average Bonchev–Trinajstić information content (AvgIpc) is 2.17. The zero-order valence-electron chi connectivity index (χ0n) is 7.60. The van der Waals surface area contributed by atoms with Crippen molar-refractivity contribution in [3.8, 4) is 0 Å². The van der Waals surface area contributed by atoms with Crippen LogP contribution >= 0.6 is 0 Å². The second kappa shape index (κ2) is 3.99. The van der Waals surface area contributed by atoms with E-state index < -0.39 is 17.1 Å². The van der Waals surface area contributed by atoms with Crippen molar-refractivity contribution in [1.29, 1.82) is 0 Å². The summed E-state index contributed by atoms with van der Waals surface area (Å²) in [5, 5.41) is 19.7. The largest absolute Gasteiger partial charge is 0.389 e. The fourth-order valence-electron chi connectivity index (χ4n) is 1.34. The molecule has 0 unspecified atom stereocenters. The highest BCUT2D eigenvalue weighted by Gasteiger charge is 2.46. The van der Waals surface area contributed by atoms with Crippen LogP contribution in [-0.2, 0) is 4.74 Å². The Morgan fingerprint density at radius 2 is 2.46 bits per heavy atom. The highest BCUT2D eigenvalue weighted by molar-refractivity contribution is 4.84. The SMILES string of the molecule is CCN1COC[C@](CO)([N+](=O)[O-])C1. The van der Waals surface area contributed by atoms with Gasteiger partial charge in [0.15, 0.2) is 0 Å². The summed E-state index contributed by atoms with van der Waals surface area (Å²) in [6.07, 6.45) is 0. The summed E-state index contributed by atoms with van der Waals surface area (Å²) in [5.74, 6) is 0. The zero-order chi connectivity index (χ0) is 9.90. The molecule has 1 aliphatic rings. The van der Waals surface area contributed by atoms with Crippen LogP contribution in [0.1, 0.15) is 6.92 Å². The quantitative estimate of drug-likeness (QED) is 0.470. The molecule has 1 atom stereocenters. The van der Waals surface area contributed by atoms with Crippen molar-refractivity contribution in [3.05, 3.63) is 10.1 Å². The third-order valence-corrected chi connectivity index (χ3v) is 2.29. The molecule has 0 aromatic carbocycles. The molecule has 0 bridgehead atoms. The molecule has 0 aliphatic carbocycles. The zero-order valence-corrected chi connectivity index (χ0v) is 7.60. The minimum absolute atomic E-state index is 0.00694. The molecule has 1 aliphatic heterocycles. The van der Waals surface area contributed by atoms with Crippen LogP contribution in [-0.4, -0.2) is 53.5 Å². The molecule has 0 radical (unpaired) electrons. The Balaban J connectivity index is 2.69. The first-order valence-electron chi connectivity index (χ1n) is 4.20. The van der Waals surface area contributed by atoms with Crippen molar-refractivity contribution >= 4 is 0 Å². The topological polar surface area (TPSA) is 75.8 Å². The number of nitrogens with zero attached hydrogens (tertiary/aromatic N) is 2. The third-order valence-electron chi connectivity index (χ3n) is 2.29. The summed E-state index contributed by atoms with van der Waals surface area (Å²) in [5.41, 5.74) is -1.33. The van der Waals surface area contributed by atoms with E-state index in [1.807, 2.05) is 6.92 Å². The molecule has 0 amide bonds. The molecule has 1 rings (SSSR count). The Hall–Kier alpha value is -0.720. The average molecular weight is 190 g/mol. The Morgan fingerprint density at radius 1 is 1.77 bits per heavy atom. The van der Waals surface area contributed by atoms with Crippen molar-refractivity contribution in [2.24, 2.45) is 0 Å². The van der Waals surface area contributed by atoms with Gasteiger partial charge in [-0.3, -0.25) is 15.0 Å². The van der Waals surface area contributed by atoms with Crippen LogP contribution in [0.5, 0.6) is 0 Å². The van der Waals surface area contributed by atoms with E-state index in [9.17, 15) is 10.1 Å². The second-order valence-electron chi connectivity index (χ2n) is 3.26. The van der Waals surface area contributed by atoms with E-state index in [0.717, 1.165) is 0 Å². The number of ether oxygens (including phenoxy) is 1. The van der Waals surface area contributed by atoms with Gasteiger partial charge in [-0.05, 0) is 6.54 Å². The molecule has 0 saturated carbocycles. The molecule has 13 heavy (non-hydrogen) atoms. The van der Waals surface area contributed by atoms with E-state index in [4.69, 9.17) is 9.84 Å². The lowest BCUT2D eigenvalue weighted by Gasteiger charge is -2.34. The lowest BCUT2D eigenvalue weighted by Crippen LogP contribution is -2.59. The lowest BCUT2D eigenvalue weighted by atomic mass is 10.0. The van der Waals surface area contributed by atoms with Crippen molar-refractivity contribution in [2.75, 3.05) is 33.0 Å². The normalized spacial score (nSPS) is 30.3. The van der Waals surface area contributed by atoms with Crippen molar-refractivity contribution < 1.29 is 14.8 Å². The van der Waals surface area contributed by atoms with Crippen LogP contribution in [0.2, 0.25) is 0 Å². The number of hydrogen-bond donors (Lipinski definition) is 1. The molecule has 0 aromatic rings. The summed E-state index contributed by atoms with van der Waals surface area (Å²) in [6.45, 7) is 2.77. The Morgan fingerprint density at radius 3 is 2.92 bits per heavy atom. The smallest absolute Gasteiger partial charge is 0.280 e. The van der Waals surface area contributed by atoms with Gasteiger partial charge in [-0.25, -0.2) is 0 Å². The van der Waals surface area contributed by atoms with E-state index in [-0.39, 0.29) is 13.2 Å². The van der Waals surface area contributed by atoms with Gasteiger partial charge in [0.05, 0.1) is 13.3 Å². The summed E-state index contributed by atoms with van der Waals surface area (Å²) >= 11 is 0. The van der Waals surface area contributed by atoms with Crippen molar-refractivity contribution in [3.63, 3.8) is 0 Å². The van der Waals surface area contributed by atoms with Gasteiger partial charge in [-0.1, -0.05) is 6.92 Å². The first-order chi connectivity index (χ1) is 6.14. The van der Waals surface area contributed by atoms with Crippen LogP contribution in [0, 0.1) is 10.1 Å². The van der Waals surface area contributed by atoms with Crippen molar-refractivity contribution in [1.82, 2.24) is 4.90 Å². The fourth-order valence-corrected chi connectivity index (χ4v) is 1.34. The van der Waals surface area contributed by atoms with Gasteiger partial charge in [-0.2, -0.15) is 0 Å². The van der Waals surface area contributed by atoms with Crippen LogP contribution in [0.3, 0.4) is 0 Å². The maximum Gasteiger partial charge on any atom is 0.280 e. The standard InChI is InChI=1S/C7H14N2O4/c1-2-8-3-7(4-10,9(11)12)5-13-6-8/h10H,2-6H2,1H3/t7-/m0/s1. The predicted molar refractivity (Wildman–Crippen MR) is 44.9 cm³/mol. The highest BCUT2D eigenvalue weighted by Crippen LogP contribution is 2.17. The summed E-state index contributed by atoms with van der Waals surface area (Å²) in [6, 6.07) is 0. The van der Waals surface area contributed by atoms with Gasteiger partial charge < -0.3 is 9.84 Å². The van der Waals surface area contributed by atoms with Gasteiger partial charge in [-0.15, -0.1) is 0 Å². The first kappa shape index (κ1) is 10.4. The lowest BCUT2D eigenvalue weighted by molar-refractivity contribution is -0.584. The summed E-state index contributed by atoms with van der Waals surface area (Å²) in [7, 11) is 0. The molecule has 6 nitrogen and oxygen atoms in total. The Bertz CT molecular complexity index is 199. The summed E-state index contributed by atoms with van der Waals surface area (Å²) in [4.78, 5) is 12.1. The molecule has 1 saturated heterocycles. The van der Waals surface area contributed by atoms with E-state index in [0.29, 0.717) is 13.3 Å². The van der Waals surface area contributed by atoms with E-state index >= 15 is 0 Å². The molecular weight excluding hydrogens is 176 g/mol. The van der Waals surface area contributed by atoms with Crippen LogP contribution in [0.4, 0.5) is 0 Å². The van der Waals surface area contributed by atoms with Crippen LogP contribution in [0.25, 0.3) is 0 Å². The molecule has 1 N–H and O–H groups in total. The Kier molecular flexibility index (Phi) is 3.18. The van der Waals surface area contributed by atoms with Crippen LogP contribution in [0.15, 0.2) is 0 Å². The number of likely N-dealkylation sites (N-methyl/N-ethyl adjacent to an activating group) is 1. The highest BCUT2D eigenvalue weighted by atomic mass is 16.6. The number of aliphatic hydroxyl groups excluding tert-OH is 1. The Labute approximate surface area is 76.2 Å². The number of aliphatic hydroxyl groups is 1. The number of nitro groups is 1. The van der Waals surface area contributed by atoms with Crippen molar-refractivity contribution in [2.45, 2.75) is 12.5 Å². The maximum atomic E-state index is 10.7. The molecule has 6 heteroatoms. The second-order valence-corrected chi connectivity index (χ2v) is 3.26. The minimum Gasteiger partial charge on any atom is -0.389 e. The number of hydrogen-bond acceptors (Lipinski definition) is 5. The molecule has 76 valence electrons. The van der Waals surface area contributed by atoms with Gasteiger partial charge in [0.2, 0.25) is 0 Å². The van der Waals surface area contributed by atoms with Gasteiger partial charge in [0, 0.05) is 4.92 Å². The summed E-state index contributed by atoms with van der Waals surface area (Å²) < 4.78 is 5.07. The molecule has 1 fully saturated rings. The minimum atomic E-state index is -1.33. The van der Waals surface area contributed by atoms with Gasteiger partial charge >= 0.3 is 0 Å². The molecule has 0 aromatic heterocycles. The molecular formula is C7H14N2O4. The van der Waals surface area contributed by atoms with E-state index in [1.54, 1.807) is 4.90 Å². The van der Waals surface area contributed by atoms with E-state index in [1.165, 1.54) is 0 Å².